The van der Waals surface area contributed by atoms with Crippen molar-refractivity contribution in [3.63, 3.8) is 0 Å². The summed E-state index contributed by atoms with van der Waals surface area (Å²) >= 11 is 0. The van der Waals surface area contributed by atoms with Crippen molar-refractivity contribution in [2.24, 2.45) is 0 Å². The number of hydrogen-bond acceptors (Lipinski definition) is 2. The SMILES string of the molecule is OC1C(Cc2cccc(-c3ccccc3)c2F)NCC1(F)F. The van der Waals surface area contributed by atoms with Gasteiger partial charge in [-0.2, -0.15) is 0 Å². The number of aliphatic hydroxyl groups excluding tert-OH is 1. The number of aliphatic hydroxyl groups is 1. The third kappa shape index (κ3) is 2.74. The summed E-state index contributed by atoms with van der Waals surface area (Å²) in [5.41, 5.74) is 1.47. The fourth-order valence-corrected chi connectivity index (χ4v) is 2.78. The Kier molecular flexibility index (Phi) is 3.93. The number of halogens is 3. The summed E-state index contributed by atoms with van der Waals surface area (Å²) in [7, 11) is 0. The average molecular weight is 307 g/mol. The highest BCUT2D eigenvalue weighted by Gasteiger charge is 2.49. The molecule has 5 heteroatoms. The van der Waals surface area contributed by atoms with Crippen molar-refractivity contribution in [2.45, 2.75) is 24.5 Å². The molecule has 22 heavy (non-hydrogen) atoms. The fraction of sp³-hybridized carbons (Fsp3) is 0.294. The van der Waals surface area contributed by atoms with Gasteiger partial charge in [-0.3, -0.25) is 0 Å². The highest BCUT2D eigenvalue weighted by molar-refractivity contribution is 5.65. The summed E-state index contributed by atoms with van der Waals surface area (Å²) < 4.78 is 41.3. The van der Waals surface area contributed by atoms with Crippen molar-refractivity contribution in [1.82, 2.24) is 5.32 Å². The van der Waals surface area contributed by atoms with E-state index >= 15 is 0 Å². The smallest absolute Gasteiger partial charge is 0.287 e. The van der Waals surface area contributed by atoms with Crippen LogP contribution >= 0.6 is 0 Å². The van der Waals surface area contributed by atoms with Gasteiger partial charge in [0.15, 0.2) is 0 Å². The van der Waals surface area contributed by atoms with Crippen LogP contribution in [0.15, 0.2) is 48.5 Å². The molecular weight excluding hydrogens is 291 g/mol. The molecule has 0 amide bonds. The van der Waals surface area contributed by atoms with Crippen molar-refractivity contribution in [2.75, 3.05) is 6.54 Å². The van der Waals surface area contributed by atoms with E-state index in [1.54, 1.807) is 30.3 Å². The van der Waals surface area contributed by atoms with E-state index in [2.05, 4.69) is 5.32 Å². The second-order valence-corrected chi connectivity index (χ2v) is 5.54. The summed E-state index contributed by atoms with van der Waals surface area (Å²) in [6.07, 6.45) is -1.78. The normalized spacial score (nSPS) is 23.6. The zero-order chi connectivity index (χ0) is 15.7. The number of nitrogens with one attached hydrogen (secondary N) is 1. The molecule has 1 heterocycles. The molecule has 3 rings (SSSR count). The van der Waals surface area contributed by atoms with E-state index in [0.29, 0.717) is 11.1 Å². The largest absolute Gasteiger partial charge is 0.385 e. The Bertz CT molecular complexity index is 660. The topological polar surface area (TPSA) is 32.3 Å². The maximum absolute atomic E-state index is 14.6. The van der Waals surface area contributed by atoms with Gasteiger partial charge in [0, 0.05) is 11.6 Å². The van der Waals surface area contributed by atoms with Gasteiger partial charge in [-0.25, -0.2) is 13.2 Å². The van der Waals surface area contributed by atoms with Gasteiger partial charge in [0.1, 0.15) is 11.9 Å². The summed E-state index contributed by atoms with van der Waals surface area (Å²) in [5, 5.41) is 12.2. The number of hydrogen-bond donors (Lipinski definition) is 2. The highest BCUT2D eigenvalue weighted by atomic mass is 19.3. The Hall–Kier alpha value is -1.85. The first-order valence-corrected chi connectivity index (χ1v) is 7.11. The number of rotatable bonds is 3. The molecule has 2 N–H and O–H groups in total. The van der Waals surface area contributed by atoms with E-state index in [1.165, 1.54) is 0 Å². The minimum absolute atomic E-state index is 0.0171. The molecule has 1 fully saturated rings. The van der Waals surface area contributed by atoms with Crippen LogP contribution in [0.1, 0.15) is 5.56 Å². The van der Waals surface area contributed by atoms with Gasteiger partial charge in [0.25, 0.3) is 5.92 Å². The fourth-order valence-electron chi connectivity index (χ4n) is 2.78. The Labute approximate surface area is 126 Å². The molecule has 0 aromatic heterocycles. The van der Waals surface area contributed by atoms with Crippen LogP contribution in [0.25, 0.3) is 11.1 Å². The maximum Gasteiger partial charge on any atom is 0.287 e. The van der Waals surface area contributed by atoms with E-state index in [9.17, 15) is 18.3 Å². The number of alkyl halides is 2. The molecule has 0 bridgehead atoms. The van der Waals surface area contributed by atoms with Crippen LogP contribution in [0.2, 0.25) is 0 Å². The second kappa shape index (κ2) is 5.74. The van der Waals surface area contributed by atoms with Gasteiger partial charge < -0.3 is 10.4 Å². The first-order valence-electron chi connectivity index (χ1n) is 7.11. The van der Waals surface area contributed by atoms with Crippen LogP contribution in [-0.2, 0) is 6.42 Å². The Morgan fingerprint density at radius 2 is 1.82 bits per heavy atom. The first-order chi connectivity index (χ1) is 10.5. The quantitative estimate of drug-likeness (QED) is 0.913. The molecule has 2 nitrogen and oxygen atoms in total. The van der Waals surface area contributed by atoms with Crippen molar-refractivity contribution in [1.29, 1.82) is 0 Å². The van der Waals surface area contributed by atoms with E-state index in [1.807, 2.05) is 18.2 Å². The average Bonchev–Trinajstić information content (AvgIpc) is 2.77. The summed E-state index contributed by atoms with van der Waals surface area (Å²) in [6, 6.07) is 13.1. The van der Waals surface area contributed by atoms with Crippen LogP contribution in [-0.4, -0.2) is 29.7 Å². The third-order valence-electron chi connectivity index (χ3n) is 4.02. The predicted molar refractivity (Wildman–Crippen MR) is 78.3 cm³/mol. The summed E-state index contributed by atoms with van der Waals surface area (Å²) in [4.78, 5) is 0. The zero-order valence-corrected chi connectivity index (χ0v) is 11.8. The summed E-state index contributed by atoms with van der Waals surface area (Å²) in [5.74, 6) is -3.60. The van der Waals surface area contributed by atoms with Crippen LogP contribution in [0, 0.1) is 5.82 Å². The second-order valence-electron chi connectivity index (χ2n) is 5.54. The van der Waals surface area contributed by atoms with E-state index in [0.717, 1.165) is 5.56 Å². The van der Waals surface area contributed by atoms with Crippen LogP contribution in [0.4, 0.5) is 13.2 Å². The lowest BCUT2D eigenvalue weighted by Gasteiger charge is -2.18. The van der Waals surface area contributed by atoms with Crippen molar-refractivity contribution in [3.05, 3.63) is 59.9 Å². The first kappa shape index (κ1) is 15.1. The Morgan fingerprint density at radius 1 is 1.09 bits per heavy atom. The van der Waals surface area contributed by atoms with Crippen molar-refractivity contribution in [3.8, 4) is 11.1 Å². The van der Waals surface area contributed by atoms with Crippen molar-refractivity contribution >= 4 is 0 Å². The number of benzene rings is 2. The highest BCUT2D eigenvalue weighted by Crippen LogP contribution is 2.30. The third-order valence-corrected chi connectivity index (χ3v) is 4.02. The molecule has 2 atom stereocenters. The standard InChI is InChI=1S/C17H16F3NO/c18-15-12(9-14-16(22)17(19,20)10-21-14)7-4-8-13(15)11-5-2-1-3-6-11/h1-8,14,16,21-22H,9-10H2. The zero-order valence-electron chi connectivity index (χ0n) is 11.8. The molecule has 2 aromatic carbocycles. The van der Waals surface area contributed by atoms with Gasteiger partial charge in [0.2, 0.25) is 0 Å². The lowest BCUT2D eigenvalue weighted by Crippen LogP contribution is -2.38. The lowest BCUT2D eigenvalue weighted by molar-refractivity contribution is -0.0805. The Morgan fingerprint density at radius 3 is 2.45 bits per heavy atom. The lowest BCUT2D eigenvalue weighted by atomic mass is 9.96. The van der Waals surface area contributed by atoms with Crippen LogP contribution < -0.4 is 5.32 Å². The van der Waals surface area contributed by atoms with Crippen molar-refractivity contribution < 1.29 is 18.3 Å². The van der Waals surface area contributed by atoms with Crippen LogP contribution in [0.5, 0.6) is 0 Å². The van der Waals surface area contributed by atoms with Crippen LogP contribution in [0.3, 0.4) is 0 Å². The van der Waals surface area contributed by atoms with E-state index in [-0.39, 0.29) is 6.42 Å². The molecular formula is C17H16F3NO. The van der Waals surface area contributed by atoms with Gasteiger partial charge in [-0.05, 0) is 17.5 Å². The minimum atomic E-state index is -3.17. The molecule has 1 aliphatic heterocycles. The van der Waals surface area contributed by atoms with E-state index < -0.39 is 30.4 Å². The molecule has 0 aliphatic carbocycles. The predicted octanol–water partition coefficient (Wildman–Crippen LogP) is 3.00. The molecule has 2 aromatic rings. The molecule has 1 aliphatic rings. The molecule has 2 unspecified atom stereocenters. The molecule has 0 saturated carbocycles. The molecule has 116 valence electrons. The van der Waals surface area contributed by atoms with Gasteiger partial charge >= 0.3 is 0 Å². The molecule has 0 spiro atoms. The molecule has 0 radical (unpaired) electrons. The van der Waals surface area contributed by atoms with Gasteiger partial charge in [-0.1, -0.05) is 48.5 Å². The van der Waals surface area contributed by atoms with E-state index in [4.69, 9.17) is 0 Å². The summed E-state index contributed by atoms with van der Waals surface area (Å²) in [6.45, 7) is -0.584. The maximum atomic E-state index is 14.6. The minimum Gasteiger partial charge on any atom is -0.385 e. The Balaban J connectivity index is 1.87. The monoisotopic (exact) mass is 307 g/mol. The molecule has 1 saturated heterocycles. The van der Waals surface area contributed by atoms with Gasteiger partial charge in [0.05, 0.1) is 6.54 Å². The van der Waals surface area contributed by atoms with Gasteiger partial charge in [-0.15, -0.1) is 0 Å².